The lowest BCUT2D eigenvalue weighted by atomic mass is 9.99. The highest BCUT2D eigenvalue weighted by atomic mass is 32.1. The number of nitrogens with zero attached hydrogens (tertiary/aromatic N) is 5. The minimum Gasteiger partial charge on any atom is -0.330 e. The standard InChI is InChI=1S/C52H40N5O5S2/c58-45-25-26-46(59)57(45)61-47(60)14-8-3-9-29-56-30-27-40(28-31-56)49-48(44-32-41(33-63-44)38-17-15-36(16-18-38)34-10-4-1-5-11-34)51-52(55-62-54-51)50(53-49)43-24-23-42(64-43)39-21-19-37(20-22-39)35-12-6-2-7-13-35/h1-2,4-7,10-13,15-24,27-28,30-33H,3,8-9,14,25-26,29H2/q+1. The number of aryl methyl sites for hydroxylation is 1. The normalized spacial score (nSPS) is 12.7. The van der Waals surface area contributed by atoms with Crippen molar-refractivity contribution in [2.45, 2.75) is 45.1 Å². The topological polar surface area (TPSA) is 119 Å². The van der Waals surface area contributed by atoms with Crippen LogP contribution in [0.4, 0.5) is 0 Å². The van der Waals surface area contributed by atoms with Crippen LogP contribution in [0.5, 0.6) is 0 Å². The number of rotatable bonds is 14. The van der Waals surface area contributed by atoms with Gasteiger partial charge in [-0.1, -0.05) is 109 Å². The van der Waals surface area contributed by atoms with E-state index in [0.29, 0.717) is 28.2 Å². The van der Waals surface area contributed by atoms with Gasteiger partial charge in [0.2, 0.25) is 0 Å². The molecule has 0 aliphatic carbocycles. The number of hydrogen-bond donors (Lipinski definition) is 0. The molecule has 1 fully saturated rings. The number of carbonyl (C=O) groups excluding carboxylic acids is 3. The maximum Gasteiger partial charge on any atom is 0.333 e. The average Bonchev–Trinajstić information content (AvgIpc) is 4.19. The maximum atomic E-state index is 12.3. The Hall–Kier alpha value is -7.41. The fourth-order valence-corrected chi connectivity index (χ4v) is 9.91. The summed E-state index contributed by atoms with van der Waals surface area (Å²) in [7, 11) is 0. The highest BCUT2D eigenvalue weighted by Crippen LogP contribution is 2.45. The van der Waals surface area contributed by atoms with Gasteiger partial charge in [-0.05, 0) is 85.7 Å². The van der Waals surface area contributed by atoms with Crippen LogP contribution in [0.1, 0.15) is 38.5 Å². The molecule has 314 valence electrons. The Labute approximate surface area is 377 Å². The molecular formula is C52H40N5O5S2+. The van der Waals surface area contributed by atoms with Crippen LogP contribution in [0.3, 0.4) is 0 Å². The highest BCUT2D eigenvalue weighted by molar-refractivity contribution is 7.18. The molecular weight excluding hydrogens is 839 g/mol. The van der Waals surface area contributed by atoms with Gasteiger partial charge in [0.15, 0.2) is 17.9 Å². The molecule has 1 saturated heterocycles. The van der Waals surface area contributed by atoms with Crippen LogP contribution in [-0.4, -0.2) is 38.1 Å². The molecule has 10 rings (SSSR count). The molecule has 0 radical (unpaired) electrons. The van der Waals surface area contributed by atoms with Crippen molar-refractivity contribution in [2.24, 2.45) is 0 Å². The summed E-state index contributed by atoms with van der Waals surface area (Å²) in [6.07, 6.45) is 6.55. The predicted molar refractivity (Wildman–Crippen MR) is 249 cm³/mol. The first-order valence-electron chi connectivity index (χ1n) is 21.2. The van der Waals surface area contributed by atoms with Gasteiger partial charge in [0.05, 0.1) is 10.6 Å². The molecule has 5 aromatic heterocycles. The summed E-state index contributed by atoms with van der Waals surface area (Å²) < 4.78 is 7.63. The lowest BCUT2D eigenvalue weighted by molar-refractivity contribution is -0.697. The third kappa shape index (κ3) is 8.53. The van der Waals surface area contributed by atoms with E-state index < -0.39 is 17.8 Å². The summed E-state index contributed by atoms with van der Waals surface area (Å²) >= 11 is 3.29. The number of hydrogen-bond acceptors (Lipinski definition) is 10. The van der Waals surface area contributed by atoms with Crippen molar-refractivity contribution in [2.75, 3.05) is 0 Å². The fourth-order valence-electron chi connectivity index (χ4n) is 7.95. The van der Waals surface area contributed by atoms with Gasteiger partial charge in [-0.25, -0.2) is 19.0 Å². The number of amides is 2. The van der Waals surface area contributed by atoms with E-state index in [1.165, 1.54) is 11.1 Å². The third-order valence-corrected chi connectivity index (χ3v) is 13.4. The number of unbranched alkanes of at least 4 members (excludes halogenated alkanes) is 2. The first-order valence-corrected chi connectivity index (χ1v) is 22.9. The Bertz CT molecular complexity index is 3090. The second-order valence-corrected chi connectivity index (χ2v) is 17.6. The number of carbonyl (C=O) groups is 3. The first-order chi connectivity index (χ1) is 31.4. The smallest absolute Gasteiger partial charge is 0.330 e. The molecule has 4 aromatic carbocycles. The number of benzene rings is 4. The van der Waals surface area contributed by atoms with E-state index >= 15 is 0 Å². The van der Waals surface area contributed by atoms with E-state index in [1.807, 2.05) is 24.5 Å². The lowest BCUT2D eigenvalue weighted by Crippen LogP contribution is -2.32. The average molecular weight is 879 g/mol. The second-order valence-electron chi connectivity index (χ2n) is 15.6. The van der Waals surface area contributed by atoms with Crippen LogP contribution in [0.25, 0.3) is 87.1 Å². The van der Waals surface area contributed by atoms with Gasteiger partial charge < -0.3 is 4.84 Å². The van der Waals surface area contributed by atoms with E-state index in [1.54, 1.807) is 22.7 Å². The minimum absolute atomic E-state index is 0.0769. The largest absolute Gasteiger partial charge is 0.333 e. The molecule has 0 atom stereocenters. The van der Waals surface area contributed by atoms with E-state index in [4.69, 9.17) is 14.5 Å². The number of hydroxylamine groups is 2. The number of pyridine rings is 2. The van der Waals surface area contributed by atoms with Crippen LogP contribution < -0.4 is 4.57 Å². The van der Waals surface area contributed by atoms with Gasteiger partial charge in [0.25, 0.3) is 11.8 Å². The molecule has 1 aliphatic heterocycles. The summed E-state index contributed by atoms with van der Waals surface area (Å²) in [5.74, 6) is -1.51. The zero-order valence-electron chi connectivity index (χ0n) is 34.6. The van der Waals surface area contributed by atoms with Crippen molar-refractivity contribution in [3.05, 3.63) is 157 Å². The number of thiophene rings is 2. The molecule has 10 nitrogen and oxygen atoms in total. The Balaban J connectivity index is 0.933. The van der Waals surface area contributed by atoms with Gasteiger partial charge >= 0.3 is 5.97 Å². The van der Waals surface area contributed by atoms with E-state index in [2.05, 4.69) is 148 Å². The zero-order valence-corrected chi connectivity index (χ0v) is 36.2. The van der Waals surface area contributed by atoms with E-state index in [-0.39, 0.29) is 19.3 Å². The Morgan fingerprint density at radius 2 is 1.17 bits per heavy atom. The van der Waals surface area contributed by atoms with Crippen molar-refractivity contribution in [3.63, 3.8) is 0 Å². The van der Waals surface area contributed by atoms with Crippen molar-refractivity contribution < 1.29 is 28.4 Å². The molecule has 2 amide bonds. The summed E-state index contributed by atoms with van der Waals surface area (Å²) in [5.41, 5.74) is 12.5. The van der Waals surface area contributed by atoms with Crippen LogP contribution in [0.15, 0.2) is 162 Å². The molecule has 1 aliphatic rings. The Morgan fingerprint density at radius 3 is 1.83 bits per heavy atom. The SMILES string of the molecule is O=C(CCCCC[n+]1ccc(-c2nc(-c3ccc(-c4ccc(-c5ccccc5)cc4)s3)c3nonc3c2-c2cc(-c3ccc(-c4ccccc4)cc3)cs2)cc1)ON1C(=O)CCC1=O. The molecule has 0 N–H and O–H groups in total. The van der Waals surface area contributed by atoms with Crippen LogP contribution in [-0.2, 0) is 25.8 Å². The quantitative estimate of drug-likeness (QED) is 0.0602. The molecule has 0 spiro atoms. The van der Waals surface area contributed by atoms with Crippen LogP contribution in [0.2, 0.25) is 0 Å². The number of aromatic nitrogens is 4. The molecule has 0 bridgehead atoms. The summed E-state index contributed by atoms with van der Waals surface area (Å²) in [6, 6.07) is 48.6. The lowest BCUT2D eigenvalue weighted by Gasteiger charge is -2.12. The van der Waals surface area contributed by atoms with Crippen molar-refractivity contribution in [1.29, 1.82) is 0 Å². The molecule has 6 heterocycles. The third-order valence-electron chi connectivity index (χ3n) is 11.4. The maximum absolute atomic E-state index is 12.3. The zero-order chi connectivity index (χ0) is 43.4. The molecule has 9 aromatic rings. The molecule has 64 heavy (non-hydrogen) atoms. The Morgan fingerprint density at radius 1 is 0.594 bits per heavy atom. The number of fused-ring (bicyclic) bond motifs is 1. The van der Waals surface area contributed by atoms with E-state index in [9.17, 15) is 14.4 Å². The van der Waals surface area contributed by atoms with Gasteiger partial charge in [-0.3, -0.25) is 9.59 Å². The number of imide groups is 1. The van der Waals surface area contributed by atoms with Gasteiger partial charge in [-0.15, -0.1) is 27.7 Å². The van der Waals surface area contributed by atoms with Crippen molar-refractivity contribution in [3.8, 4) is 76.1 Å². The van der Waals surface area contributed by atoms with Gasteiger partial charge in [0.1, 0.15) is 17.8 Å². The van der Waals surface area contributed by atoms with E-state index in [0.717, 1.165) is 78.7 Å². The summed E-state index contributed by atoms with van der Waals surface area (Å²) in [5, 5.41) is 11.8. The van der Waals surface area contributed by atoms with Crippen molar-refractivity contribution >= 4 is 51.5 Å². The van der Waals surface area contributed by atoms with Gasteiger partial charge in [0, 0.05) is 58.7 Å². The van der Waals surface area contributed by atoms with Crippen molar-refractivity contribution in [1.82, 2.24) is 20.4 Å². The predicted octanol–water partition coefficient (Wildman–Crippen LogP) is 11.9. The highest BCUT2D eigenvalue weighted by Gasteiger charge is 2.32. The molecule has 12 heteroatoms. The summed E-state index contributed by atoms with van der Waals surface area (Å²) in [4.78, 5) is 49.3. The Kier molecular flexibility index (Phi) is 11.5. The minimum atomic E-state index is -0.572. The van der Waals surface area contributed by atoms with Crippen LogP contribution in [0, 0.1) is 0 Å². The molecule has 0 unspecified atom stereocenters. The van der Waals surface area contributed by atoms with Crippen LogP contribution >= 0.6 is 22.7 Å². The summed E-state index contributed by atoms with van der Waals surface area (Å²) in [6.45, 7) is 0.734. The van der Waals surface area contributed by atoms with Gasteiger partial charge in [-0.2, -0.15) is 0 Å². The first kappa shape index (κ1) is 40.6. The molecule has 0 saturated carbocycles. The monoisotopic (exact) mass is 878 g/mol. The second kappa shape index (κ2) is 18.1. The fraction of sp³-hybridized carbons (Fsp3) is 0.135.